The zero-order valence-corrected chi connectivity index (χ0v) is 16.8. The van der Waals surface area contributed by atoms with E-state index < -0.39 is 0 Å². The molecular formula is C23H22ClN3O2. The highest BCUT2D eigenvalue weighted by Crippen LogP contribution is 2.33. The van der Waals surface area contributed by atoms with Crippen LogP contribution in [0, 0.1) is 0 Å². The predicted molar refractivity (Wildman–Crippen MR) is 116 cm³/mol. The number of amides is 2. The minimum absolute atomic E-state index is 0.197. The molecule has 148 valence electrons. The normalized spacial score (nSPS) is 17.3. The summed E-state index contributed by atoms with van der Waals surface area (Å²) in [4.78, 5) is 31.8. The Labute approximate surface area is 175 Å². The maximum atomic E-state index is 13.1. The van der Waals surface area contributed by atoms with Crippen molar-refractivity contribution in [2.24, 2.45) is 0 Å². The highest BCUT2D eigenvalue weighted by atomic mass is 35.5. The van der Waals surface area contributed by atoms with Gasteiger partial charge in [-0.25, -0.2) is 0 Å². The Kier molecular flexibility index (Phi) is 5.41. The van der Waals surface area contributed by atoms with E-state index >= 15 is 0 Å². The van der Waals surface area contributed by atoms with E-state index in [9.17, 15) is 9.59 Å². The molecule has 0 radical (unpaired) electrons. The van der Waals surface area contributed by atoms with Crippen LogP contribution in [0.4, 0.5) is 5.69 Å². The molecule has 0 atom stereocenters. The lowest BCUT2D eigenvalue weighted by molar-refractivity contribution is -0.136. The fraction of sp³-hybridized carbons (Fsp3) is 0.217. The lowest BCUT2D eigenvalue weighted by Gasteiger charge is -2.37. The van der Waals surface area contributed by atoms with Gasteiger partial charge in [-0.3, -0.25) is 14.5 Å². The first-order chi connectivity index (χ1) is 14.1. The Morgan fingerprint density at radius 3 is 2.10 bits per heavy atom. The van der Waals surface area contributed by atoms with Gasteiger partial charge in [0, 0.05) is 43.4 Å². The number of anilines is 1. The van der Waals surface area contributed by atoms with Gasteiger partial charge >= 0.3 is 0 Å². The Bertz CT molecular complexity index is 961. The molecule has 2 amide bonds. The minimum atomic E-state index is -0.280. The van der Waals surface area contributed by atoms with Crippen molar-refractivity contribution in [3.63, 3.8) is 0 Å². The Morgan fingerprint density at radius 2 is 1.48 bits per heavy atom. The molecule has 0 N–H and O–H groups in total. The first kappa shape index (κ1) is 19.3. The number of hydrogen-bond acceptors (Lipinski definition) is 4. The molecule has 0 aliphatic carbocycles. The molecule has 2 aromatic rings. The molecule has 0 spiro atoms. The monoisotopic (exact) mass is 407 g/mol. The van der Waals surface area contributed by atoms with Crippen molar-refractivity contribution >= 4 is 34.7 Å². The number of halogens is 1. The maximum absolute atomic E-state index is 13.1. The van der Waals surface area contributed by atoms with Crippen molar-refractivity contribution in [2.75, 3.05) is 37.6 Å². The third kappa shape index (κ3) is 3.66. The number of rotatable bonds is 5. The summed E-state index contributed by atoms with van der Waals surface area (Å²) < 4.78 is 0. The molecule has 4 rings (SSSR count). The van der Waals surface area contributed by atoms with Crippen molar-refractivity contribution in [3.05, 3.63) is 83.5 Å². The van der Waals surface area contributed by atoms with Crippen LogP contribution in [0.15, 0.2) is 72.9 Å². The smallest absolute Gasteiger partial charge is 0.278 e. The third-order valence-electron chi connectivity index (χ3n) is 5.31. The second-order valence-electron chi connectivity index (χ2n) is 7.05. The molecule has 5 nitrogen and oxygen atoms in total. The molecule has 0 unspecified atom stereocenters. The van der Waals surface area contributed by atoms with Crippen LogP contribution < -0.4 is 4.90 Å². The SMILES string of the molecule is C=CCN1C(=O)C(c2ccc(Cl)cc2)=C(N2CCN(c3ccccc3)CC2)C1=O. The Balaban J connectivity index is 1.64. The standard InChI is InChI=1S/C23H22ClN3O2/c1-2-12-27-22(28)20(17-8-10-18(24)11-9-17)21(23(27)29)26-15-13-25(14-16-26)19-6-4-3-5-7-19/h2-11H,1,12-16H2. The molecule has 2 heterocycles. The van der Waals surface area contributed by atoms with Gasteiger partial charge in [0.2, 0.25) is 0 Å². The van der Waals surface area contributed by atoms with Crippen molar-refractivity contribution in [2.45, 2.75) is 0 Å². The highest BCUT2D eigenvalue weighted by Gasteiger charge is 2.41. The number of benzene rings is 2. The van der Waals surface area contributed by atoms with Crippen molar-refractivity contribution in [1.29, 1.82) is 0 Å². The summed E-state index contributed by atoms with van der Waals surface area (Å²) in [5.41, 5.74) is 2.80. The van der Waals surface area contributed by atoms with Gasteiger partial charge in [0.15, 0.2) is 0 Å². The molecule has 6 heteroatoms. The van der Waals surface area contributed by atoms with Gasteiger partial charge in [0.05, 0.1) is 5.57 Å². The predicted octanol–water partition coefficient (Wildman–Crippen LogP) is 3.43. The van der Waals surface area contributed by atoms with Gasteiger partial charge in [-0.2, -0.15) is 0 Å². The van der Waals surface area contributed by atoms with Gasteiger partial charge in [-0.05, 0) is 29.8 Å². The van der Waals surface area contributed by atoms with Gasteiger partial charge in [-0.1, -0.05) is 48.0 Å². The number of carbonyl (C=O) groups is 2. The van der Waals surface area contributed by atoms with Crippen LogP contribution in [-0.2, 0) is 9.59 Å². The van der Waals surface area contributed by atoms with Crippen LogP contribution in [0.2, 0.25) is 5.02 Å². The summed E-state index contributed by atoms with van der Waals surface area (Å²) in [7, 11) is 0. The largest absolute Gasteiger partial charge is 0.368 e. The van der Waals surface area contributed by atoms with Crippen LogP contribution in [0.5, 0.6) is 0 Å². The molecule has 0 saturated carbocycles. The molecule has 29 heavy (non-hydrogen) atoms. The lowest BCUT2D eigenvalue weighted by Crippen LogP contribution is -2.47. The maximum Gasteiger partial charge on any atom is 0.278 e. The Hall–Kier alpha value is -3.05. The summed E-state index contributed by atoms with van der Waals surface area (Å²) in [5.74, 6) is -0.536. The summed E-state index contributed by atoms with van der Waals surface area (Å²) in [6, 6.07) is 17.3. The van der Waals surface area contributed by atoms with Crippen molar-refractivity contribution < 1.29 is 9.59 Å². The summed E-state index contributed by atoms with van der Waals surface area (Å²) in [6.45, 7) is 6.78. The topological polar surface area (TPSA) is 43.9 Å². The first-order valence-corrected chi connectivity index (χ1v) is 10.00. The van der Waals surface area contributed by atoms with Gasteiger partial charge in [0.1, 0.15) is 5.70 Å². The summed E-state index contributed by atoms with van der Waals surface area (Å²) in [5, 5.41) is 0.590. The lowest BCUT2D eigenvalue weighted by atomic mass is 10.0. The molecule has 1 fully saturated rings. The van der Waals surface area contributed by atoms with Gasteiger partial charge in [0.25, 0.3) is 11.8 Å². The fourth-order valence-corrected chi connectivity index (χ4v) is 3.98. The van der Waals surface area contributed by atoms with Crippen LogP contribution in [0.1, 0.15) is 5.56 Å². The average molecular weight is 408 g/mol. The summed E-state index contributed by atoms with van der Waals surface area (Å²) >= 11 is 6.01. The van der Waals surface area contributed by atoms with Crippen LogP contribution in [-0.4, -0.2) is 54.3 Å². The third-order valence-corrected chi connectivity index (χ3v) is 5.56. The van der Waals surface area contributed by atoms with Crippen LogP contribution >= 0.6 is 11.6 Å². The number of piperazine rings is 1. The highest BCUT2D eigenvalue weighted by molar-refractivity contribution is 6.36. The van der Waals surface area contributed by atoms with E-state index in [4.69, 9.17) is 11.6 Å². The van der Waals surface area contributed by atoms with E-state index in [0.29, 0.717) is 34.9 Å². The zero-order chi connectivity index (χ0) is 20.4. The number of carbonyl (C=O) groups excluding carboxylic acids is 2. The molecule has 0 bridgehead atoms. The summed E-state index contributed by atoms with van der Waals surface area (Å²) in [6.07, 6.45) is 1.57. The molecule has 2 aliphatic heterocycles. The van der Waals surface area contributed by atoms with E-state index in [1.54, 1.807) is 30.3 Å². The van der Waals surface area contributed by atoms with Crippen molar-refractivity contribution in [3.8, 4) is 0 Å². The molecule has 1 saturated heterocycles. The van der Waals surface area contributed by atoms with Gasteiger partial charge in [-0.15, -0.1) is 6.58 Å². The second-order valence-corrected chi connectivity index (χ2v) is 7.49. The zero-order valence-electron chi connectivity index (χ0n) is 16.1. The second kappa shape index (κ2) is 8.13. The molecule has 2 aliphatic rings. The van der Waals surface area contributed by atoms with Gasteiger partial charge < -0.3 is 9.80 Å². The number of imide groups is 1. The van der Waals surface area contributed by atoms with Crippen LogP contribution in [0.25, 0.3) is 5.57 Å². The molecule has 0 aromatic heterocycles. The molecule has 2 aromatic carbocycles. The number of hydrogen-bond donors (Lipinski definition) is 0. The number of para-hydroxylation sites is 1. The van der Waals surface area contributed by atoms with E-state index in [-0.39, 0.29) is 18.4 Å². The van der Waals surface area contributed by atoms with E-state index in [2.05, 4.69) is 23.6 Å². The Morgan fingerprint density at radius 1 is 0.862 bits per heavy atom. The van der Waals surface area contributed by atoms with Crippen LogP contribution in [0.3, 0.4) is 0 Å². The quantitative estimate of drug-likeness (QED) is 0.562. The van der Waals surface area contributed by atoms with E-state index in [0.717, 1.165) is 13.1 Å². The van der Waals surface area contributed by atoms with E-state index in [1.165, 1.54) is 10.6 Å². The fourth-order valence-electron chi connectivity index (χ4n) is 3.86. The number of nitrogens with zero attached hydrogens (tertiary/aromatic N) is 3. The minimum Gasteiger partial charge on any atom is -0.368 e. The first-order valence-electron chi connectivity index (χ1n) is 9.62. The molecular weight excluding hydrogens is 386 g/mol. The van der Waals surface area contributed by atoms with E-state index in [1.807, 2.05) is 23.1 Å². The van der Waals surface area contributed by atoms with Crippen molar-refractivity contribution in [1.82, 2.24) is 9.80 Å². The average Bonchev–Trinajstić information content (AvgIpc) is 3.00.